The Bertz CT molecular complexity index is 813. The van der Waals surface area contributed by atoms with Gasteiger partial charge in [0.05, 0.1) is 10.5 Å². The second-order valence-electron chi connectivity index (χ2n) is 3.92. The highest BCUT2D eigenvalue weighted by atomic mass is 32.2. The highest BCUT2D eigenvalue weighted by Gasteiger charge is 2.27. The molecule has 0 aliphatic carbocycles. The summed E-state index contributed by atoms with van der Waals surface area (Å²) < 4.78 is 24.6. The van der Waals surface area contributed by atoms with E-state index in [0.29, 0.717) is 11.3 Å². The van der Waals surface area contributed by atoms with Gasteiger partial charge in [-0.1, -0.05) is 23.5 Å². The lowest BCUT2D eigenvalue weighted by molar-refractivity contribution is -0.114. The number of benzene rings is 1. The first-order valence-corrected chi connectivity index (χ1v) is 7.87. The second-order valence-corrected chi connectivity index (χ2v) is 6.99. The van der Waals surface area contributed by atoms with E-state index in [1.165, 1.54) is 31.2 Å². The van der Waals surface area contributed by atoms with Gasteiger partial charge in [0.2, 0.25) is 31.1 Å². The van der Waals surface area contributed by atoms with Gasteiger partial charge >= 0.3 is 0 Å². The van der Waals surface area contributed by atoms with Crippen LogP contribution < -0.4 is 11.1 Å². The van der Waals surface area contributed by atoms with Gasteiger partial charge in [-0.15, -0.1) is 10.2 Å². The molecule has 1 heterocycles. The van der Waals surface area contributed by atoms with Crippen molar-refractivity contribution in [2.75, 3.05) is 5.32 Å². The van der Waals surface area contributed by atoms with Crippen LogP contribution in [0.4, 0.5) is 5.13 Å². The van der Waals surface area contributed by atoms with Crippen LogP contribution in [0.25, 0.3) is 0 Å². The summed E-state index contributed by atoms with van der Waals surface area (Å²) in [5.41, 5.74) is 5.04. The number of nitrogens with two attached hydrogens (primary N) is 1. The Balaban J connectivity index is 2.50. The lowest BCUT2D eigenvalue weighted by atomic mass is 10.2. The number of primary amides is 1. The number of carbonyl (C=O) groups is 2. The van der Waals surface area contributed by atoms with E-state index < -0.39 is 21.7 Å². The Morgan fingerprint density at radius 2 is 1.90 bits per heavy atom. The highest BCUT2D eigenvalue weighted by molar-refractivity contribution is 7.93. The first kappa shape index (κ1) is 15.1. The fourth-order valence-electron chi connectivity index (χ4n) is 1.52. The normalized spacial score (nSPS) is 11.1. The summed E-state index contributed by atoms with van der Waals surface area (Å²) in [6.07, 6.45) is 0. The third-order valence-electron chi connectivity index (χ3n) is 2.36. The Kier molecular flexibility index (Phi) is 4.00. The topological polar surface area (TPSA) is 132 Å². The Morgan fingerprint density at radius 1 is 1.24 bits per heavy atom. The largest absolute Gasteiger partial charge is 0.366 e. The maximum Gasteiger partial charge on any atom is 0.250 e. The number of hydrogen-bond acceptors (Lipinski definition) is 7. The van der Waals surface area contributed by atoms with Crippen LogP contribution in [-0.2, 0) is 14.6 Å². The SMILES string of the molecule is CC(=O)Nc1nnc(S(=O)(=O)c2ccccc2C(N)=O)s1. The lowest BCUT2D eigenvalue weighted by Crippen LogP contribution is -2.16. The molecule has 0 fully saturated rings. The van der Waals surface area contributed by atoms with E-state index in [1.807, 2.05) is 0 Å². The van der Waals surface area contributed by atoms with Crippen molar-refractivity contribution in [3.63, 3.8) is 0 Å². The summed E-state index contributed by atoms with van der Waals surface area (Å²) in [7, 11) is -4.04. The van der Waals surface area contributed by atoms with Gasteiger partial charge < -0.3 is 11.1 Å². The van der Waals surface area contributed by atoms with Crippen LogP contribution in [0.5, 0.6) is 0 Å². The van der Waals surface area contributed by atoms with Gasteiger partial charge in [0.1, 0.15) is 0 Å². The second kappa shape index (κ2) is 5.58. The van der Waals surface area contributed by atoms with Gasteiger partial charge in [0, 0.05) is 6.92 Å². The molecule has 110 valence electrons. The van der Waals surface area contributed by atoms with Gasteiger partial charge in [-0.3, -0.25) is 9.59 Å². The molecule has 1 aromatic carbocycles. The summed E-state index contributed by atoms with van der Waals surface area (Å²) in [6, 6.07) is 5.54. The van der Waals surface area contributed by atoms with Crippen LogP contribution in [0.2, 0.25) is 0 Å². The number of amides is 2. The number of aromatic nitrogens is 2. The summed E-state index contributed by atoms with van der Waals surface area (Å²) in [4.78, 5) is 22.0. The van der Waals surface area contributed by atoms with Crippen LogP contribution in [0.1, 0.15) is 17.3 Å². The number of sulfone groups is 1. The zero-order valence-corrected chi connectivity index (χ0v) is 12.4. The van der Waals surface area contributed by atoms with Gasteiger partial charge in [0.25, 0.3) is 0 Å². The molecule has 0 aliphatic heterocycles. The molecule has 10 heteroatoms. The Morgan fingerprint density at radius 3 is 2.52 bits per heavy atom. The maximum absolute atomic E-state index is 12.4. The molecule has 0 atom stereocenters. The molecule has 1 aromatic heterocycles. The van der Waals surface area contributed by atoms with E-state index in [2.05, 4.69) is 15.5 Å². The first-order valence-electron chi connectivity index (χ1n) is 5.57. The lowest BCUT2D eigenvalue weighted by Gasteiger charge is -2.04. The molecule has 0 radical (unpaired) electrons. The van der Waals surface area contributed by atoms with E-state index in [0.717, 1.165) is 0 Å². The fraction of sp³-hybridized carbons (Fsp3) is 0.0909. The van der Waals surface area contributed by atoms with Crippen molar-refractivity contribution in [3.8, 4) is 0 Å². The van der Waals surface area contributed by atoms with E-state index >= 15 is 0 Å². The molecular formula is C11H10N4O4S2. The number of hydrogen-bond donors (Lipinski definition) is 2. The van der Waals surface area contributed by atoms with Gasteiger partial charge in [-0.25, -0.2) is 8.42 Å². The monoisotopic (exact) mass is 326 g/mol. The van der Waals surface area contributed by atoms with E-state index in [1.54, 1.807) is 0 Å². The minimum absolute atomic E-state index is 0.0534. The van der Waals surface area contributed by atoms with Crippen molar-refractivity contribution < 1.29 is 18.0 Å². The molecular weight excluding hydrogens is 316 g/mol. The molecule has 2 rings (SSSR count). The molecule has 8 nitrogen and oxygen atoms in total. The molecule has 2 amide bonds. The smallest absolute Gasteiger partial charge is 0.250 e. The minimum Gasteiger partial charge on any atom is -0.366 e. The van der Waals surface area contributed by atoms with Crippen molar-refractivity contribution in [2.24, 2.45) is 5.73 Å². The number of nitrogens with one attached hydrogen (secondary N) is 1. The average molecular weight is 326 g/mol. The number of nitrogens with zero attached hydrogens (tertiary/aromatic N) is 2. The van der Waals surface area contributed by atoms with E-state index in [-0.39, 0.29) is 19.9 Å². The quantitative estimate of drug-likeness (QED) is 0.783. The third-order valence-corrected chi connectivity index (χ3v) is 5.38. The third kappa shape index (κ3) is 3.06. The van der Waals surface area contributed by atoms with Gasteiger partial charge in [-0.2, -0.15) is 0 Å². The van der Waals surface area contributed by atoms with Crippen LogP contribution in [0, 0.1) is 0 Å². The van der Waals surface area contributed by atoms with Crippen molar-refractivity contribution in [1.82, 2.24) is 10.2 Å². The maximum atomic E-state index is 12.4. The molecule has 0 unspecified atom stereocenters. The predicted octanol–water partition coefficient (Wildman–Crippen LogP) is 0.428. The number of carbonyl (C=O) groups excluding carboxylic acids is 2. The molecule has 0 aliphatic rings. The highest BCUT2D eigenvalue weighted by Crippen LogP contribution is 2.28. The zero-order valence-electron chi connectivity index (χ0n) is 10.7. The van der Waals surface area contributed by atoms with Crippen LogP contribution in [0.3, 0.4) is 0 Å². The van der Waals surface area contributed by atoms with Gasteiger partial charge in [-0.05, 0) is 12.1 Å². The van der Waals surface area contributed by atoms with Gasteiger partial charge in [0.15, 0.2) is 0 Å². The van der Waals surface area contributed by atoms with Crippen LogP contribution in [-0.4, -0.2) is 30.4 Å². The standard InChI is InChI=1S/C11H10N4O4S2/c1-6(16)13-10-14-15-11(20-10)21(18,19)8-5-3-2-4-7(8)9(12)17/h2-5H,1H3,(H2,12,17)(H,13,14,16). The minimum atomic E-state index is -4.04. The summed E-state index contributed by atoms with van der Waals surface area (Å²) in [5, 5.41) is 9.48. The predicted molar refractivity (Wildman–Crippen MR) is 74.6 cm³/mol. The van der Waals surface area contributed by atoms with Crippen molar-refractivity contribution in [2.45, 2.75) is 16.2 Å². The summed E-state index contributed by atoms with van der Waals surface area (Å²) >= 11 is 0.689. The molecule has 21 heavy (non-hydrogen) atoms. The van der Waals surface area contributed by atoms with Crippen molar-refractivity contribution in [1.29, 1.82) is 0 Å². The van der Waals surface area contributed by atoms with Crippen LogP contribution in [0.15, 0.2) is 33.5 Å². The average Bonchev–Trinajstić information content (AvgIpc) is 2.87. The molecule has 0 saturated heterocycles. The first-order chi connectivity index (χ1) is 9.82. The van der Waals surface area contributed by atoms with Crippen LogP contribution >= 0.6 is 11.3 Å². The fourth-order valence-corrected chi connectivity index (χ4v) is 4.04. The van der Waals surface area contributed by atoms with Crippen molar-refractivity contribution in [3.05, 3.63) is 29.8 Å². The van der Waals surface area contributed by atoms with E-state index in [4.69, 9.17) is 5.73 Å². The summed E-state index contributed by atoms with van der Waals surface area (Å²) in [6.45, 7) is 1.26. The molecule has 3 N–H and O–H groups in total. The summed E-state index contributed by atoms with van der Waals surface area (Å²) in [5.74, 6) is -1.26. The van der Waals surface area contributed by atoms with E-state index in [9.17, 15) is 18.0 Å². The van der Waals surface area contributed by atoms with Crippen molar-refractivity contribution >= 4 is 38.1 Å². The Hall–Kier alpha value is -2.33. The molecule has 0 saturated carbocycles. The Labute approximate surface area is 123 Å². The molecule has 2 aromatic rings. The zero-order chi connectivity index (χ0) is 15.6. The molecule has 0 bridgehead atoms. The molecule has 0 spiro atoms. The number of anilines is 1. The number of rotatable bonds is 4.